The van der Waals surface area contributed by atoms with Crippen LogP contribution in [-0.4, -0.2) is 31.7 Å². The van der Waals surface area contributed by atoms with Gasteiger partial charge in [-0.2, -0.15) is 0 Å². The molecular formula is C102H84B2N4. The van der Waals surface area contributed by atoms with Crippen molar-refractivity contribution in [2.45, 2.75) is 94.9 Å². The van der Waals surface area contributed by atoms with Gasteiger partial charge in [0.05, 0.1) is 44.1 Å². The van der Waals surface area contributed by atoms with Crippen LogP contribution in [0.4, 0.5) is 0 Å². The lowest BCUT2D eigenvalue weighted by molar-refractivity contribution is 0.876. The summed E-state index contributed by atoms with van der Waals surface area (Å²) in [4.78, 5) is 0. The number of para-hydroxylation sites is 8. The van der Waals surface area contributed by atoms with Gasteiger partial charge in [0.15, 0.2) is 0 Å². The zero-order valence-electron chi connectivity index (χ0n) is 63.7. The number of nitrogens with zero attached hydrogens (tertiary/aromatic N) is 4. The predicted molar refractivity (Wildman–Crippen MR) is 469 cm³/mol. The molecule has 20 aromatic rings. The first-order valence-corrected chi connectivity index (χ1v) is 38.8. The molecule has 0 N–H and O–H groups in total. The fourth-order valence-corrected chi connectivity index (χ4v) is 20.4. The molecule has 0 aliphatic heterocycles. The van der Waals surface area contributed by atoms with E-state index in [0.717, 1.165) is 0 Å². The second-order valence-electron chi connectivity index (χ2n) is 31.8. The van der Waals surface area contributed by atoms with Gasteiger partial charge in [-0.05, 0) is 208 Å². The number of aromatic nitrogens is 4. The summed E-state index contributed by atoms with van der Waals surface area (Å²) in [5, 5.41) is 18.1. The monoisotopic (exact) mass is 1390 g/mol. The Morgan fingerprint density at radius 2 is 0.380 bits per heavy atom. The van der Waals surface area contributed by atoms with Crippen LogP contribution < -0.4 is 32.8 Å². The fraction of sp³-hybridized carbons (Fsp3) is 0.137. The van der Waals surface area contributed by atoms with E-state index < -0.39 is 0 Å². The Kier molecular flexibility index (Phi) is 15.0. The molecule has 4 aromatic heterocycles. The zero-order chi connectivity index (χ0) is 73.4. The lowest BCUT2D eigenvalue weighted by atomic mass is 9.33. The highest BCUT2D eigenvalue weighted by Crippen LogP contribution is 2.43. The van der Waals surface area contributed by atoms with Crippen molar-refractivity contribution >= 4 is 166 Å². The van der Waals surface area contributed by atoms with E-state index >= 15 is 0 Å². The topological polar surface area (TPSA) is 19.7 Å². The van der Waals surface area contributed by atoms with Crippen molar-refractivity contribution in [3.63, 3.8) is 0 Å². The molecule has 0 saturated carbocycles. The SMILES string of the molecule is Cc1cc(-n2c3ccccc3c3ccccc32)cc(C)c1B(c1c(C)cc(-n2c3ccccc3c3ccccc32)cc1C)c1cc(C(C)C)c2ccc3c(C(C)C)cc(B(c4c(C)cc(-n5c6ccccc6c6ccccc65)cc4C)c4c(C)cc(-n5c6ccccc6c6ccccc65)cc4C)c4ccc1c2c43. The first-order valence-electron chi connectivity index (χ1n) is 38.8. The van der Waals surface area contributed by atoms with Crippen molar-refractivity contribution in [3.8, 4) is 22.7 Å². The Morgan fingerprint density at radius 3 is 0.565 bits per heavy atom. The summed E-state index contributed by atoms with van der Waals surface area (Å²) in [7, 11) is 0. The summed E-state index contributed by atoms with van der Waals surface area (Å²) in [6.07, 6.45) is 0. The molecule has 0 spiro atoms. The lowest BCUT2D eigenvalue weighted by Gasteiger charge is -2.30. The molecular weight excluding hydrogens is 1300 g/mol. The van der Waals surface area contributed by atoms with Gasteiger partial charge in [-0.3, -0.25) is 0 Å². The molecule has 0 radical (unpaired) electrons. The van der Waals surface area contributed by atoms with Crippen molar-refractivity contribution in [1.29, 1.82) is 0 Å². The van der Waals surface area contributed by atoms with Crippen LogP contribution >= 0.6 is 0 Å². The van der Waals surface area contributed by atoms with E-state index in [9.17, 15) is 0 Å². The van der Waals surface area contributed by atoms with Gasteiger partial charge in [-0.25, -0.2) is 0 Å². The third-order valence-corrected chi connectivity index (χ3v) is 24.7. The molecule has 4 heterocycles. The molecule has 0 atom stereocenters. The van der Waals surface area contributed by atoms with Gasteiger partial charge in [0.25, 0.3) is 0 Å². The summed E-state index contributed by atoms with van der Waals surface area (Å²) >= 11 is 0. The highest BCUT2D eigenvalue weighted by atomic mass is 15.0. The molecule has 20 rings (SSSR count). The number of benzene rings is 16. The highest BCUT2D eigenvalue weighted by Gasteiger charge is 2.37. The molecule has 0 saturated heterocycles. The maximum atomic E-state index is 2.65. The van der Waals surface area contributed by atoms with Crippen LogP contribution in [0.15, 0.2) is 279 Å². The van der Waals surface area contributed by atoms with Gasteiger partial charge < -0.3 is 18.3 Å². The quantitative estimate of drug-likeness (QED) is 0.0858. The van der Waals surface area contributed by atoms with E-state index in [0.29, 0.717) is 0 Å². The van der Waals surface area contributed by atoms with Crippen molar-refractivity contribution in [1.82, 2.24) is 18.3 Å². The predicted octanol–water partition coefficient (Wildman–Crippen LogP) is 22.7. The third kappa shape index (κ3) is 9.64. The molecule has 4 nitrogen and oxygen atoms in total. The molecule has 0 amide bonds. The summed E-state index contributed by atoms with van der Waals surface area (Å²) in [5.74, 6) is 0.421. The van der Waals surface area contributed by atoms with Gasteiger partial charge in [0.1, 0.15) is 0 Å². The maximum Gasteiger partial charge on any atom is 0.243 e. The van der Waals surface area contributed by atoms with Crippen molar-refractivity contribution in [3.05, 3.63) is 335 Å². The highest BCUT2D eigenvalue weighted by molar-refractivity contribution is 6.99. The minimum Gasteiger partial charge on any atom is -0.309 e. The smallest absolute Gasteiger partial charge is 0.243 e. The van der Waals surface area contributed by atoms with E-state index in [1.54, 1.807) is 0 Å². The van der Waals surface area contributed by atoms with Crippen LogP contribution in [0.1, 0.15) is 95.2 Å². The summed E-state index contributed by atoms with van der Waals surface area (Å²) in [6, 6.07) is 107. The minimum absolute atomic E-state index is 0.153. The second kappa shape index (κ2) is 24.7. The number of fused-ring (bicyclic) bond motifs is 12. The molecule has 6 heteroatoms. The molecule has 0 aliphatic rings. The van der Waals surface area contributed by atoms with Gasteiger partial charge in [-0.1, -0.05) is 287 Å². The van der Waals surface area contributed by atoms with Crippen LogP contribution in [0.2, 0.25) is 0 Å². The van der Waals surface area contributed by atoms with Crippen LogP contribution in [-0.2, 0) is 0 Å². The van der Waals surface area contributed by atoms with Crippen LogP contribution in [0.25, 0.3) is 142 Å². The molecule has 518 valence electrons. The Hall–Kier alpha value is -12.1. The van der Waals surface area contributed by atoms with E-state index in [4.69, 9.17) is 0 Å². The molecule has 0 bridgehead atoms. The van der Waals surface area contributed by atoms with E-state index in [1.165, 1.54) is 231 Å². The largest absolute Gasteiger partial charge is 0.309 e. The molecule has 0 unspecified atom stereocenters. The van der Waals surface area contributed by atoms with Crippen molar-refractivity contribution in [2.75, 3.05) is 0 Å². The van der Waals surface area contributed by atoms with E-state index in [1.807, 2.05) is 0 Å². The van der Waals surface area contributed by atoms with Gasteiger partial charge >= 0.3 is 0 Å². The second-order valence-corrected chi connectivity index (χ2v) is 31.8. The summed E-state index contributed by atoms with van der Waals surface area (Å²) in [6.45, 7) is 28.5. The maximum absolute atomic E-state index is 2.65. The Labute approximate surface area is 632 Å². The number of hydrogen-bond donors (Lipinski definition) is 0. The van der Waals surface area contributed by atoms with Gasteiger partial charge in [0.2, 0.25) is 13.4 Å². The fourth-order valence-electron chi connectivity index (χ4n) is 20.4. The zero-order valence-corrected chi connectivity index (χ0v) is 63.7. The van der Waals surface area contributed by atoms with Crippen molar-refractivity contribution < 1.29 is 0 Å². The lowest BCUT2D eigenvalue weighted by Crippen LogP contribution is -2.56. The van der Waals surface area contributed by atoms with E-state index in [2.05, 4.69) is 380 Å². The average Bonchev–Trinajstić information content (AvgIpc) is 1.08. The first kappa shape index (κ1) is 65.4. The Morgan fingerprint density at radius 1 is 0.204 bits per heavy atom. The standard InChI is InChI=1S/C102H84B2N4/c1-59(2)85-57-87(103(99-61(5)49-69(50-62(99)6)105-89-37-21-13-29-73(89)74-30-14-22-38-90(74)105)100-63(7)51-70(52-64(100)8)106-91-39-23-15-31-75(91)76-32-16-24-40-92(76)106)83-47-48-84-88(58-86(60(3)4)82-46-45-81(85)97(83)98(82)84)104(101-65(9)53-71(54-66(101)10)107-93-41-25-17-33-77(93)78-34-18-26-42-94(78)107)102-67(11)55-72(56-68(102)12)108-95-43-27-19-35-79(95)80-36-20-28-44-96(80)108/h13-60H,1-12H3. The number of rotatable bonds is 12. The molecule has 0 fully saturated rings. The summed E-state index contributed by atoms with van der Waals surface area (Å²) in [5.41, 5.74) is 35.5. The van der Waals surface area contributed by atoms with E-state index in [-0.39, 0.29) is 25.3 Å². The summed E-state index contributed by atoms with van der Waals surface area (Å²) < 4.78 is 9.99. The third-order valence-electron chi connectivity index (χ3n) is 24.7. The molecule has 0 aliphatic carbocycles. The minimum atomic E-state index is -0.153. The normalized spacial score (nSPS) is 12.2. The van der Waals surface area contributed by atoms with Crippen LogP contribution in [0, 0.1) is 55.4 Å². The number of hydrogen-bond acceptors (Lipinski definition) is 0. The molecule has 16 aromatic carbocycles. The van der Waals surface area contributed by atoms with Crippen LogP contribution in [0.3, 0.4) is 0 Å². The average molecular weight is 1390 g/mol. The van der Waals surface area contributed by atoms with Gasteiger partial charge in [-0.15, -0.1) is 0 Å². The Balaban J connectivity index is 0.864. The van der Waals surface area contributed by atoms with Crippen LogP contribution in [0.5, 0.6) is 0 Å². The molecule has 108 heavy (non-hydrogen) atoms. The first-order chi connectivity index (χ1) is 52.6. The number of aryl methyl sites for hydroxylation is 8. The van der Waals surface area contributed by atoms with Crippen molar-refractivity contribution in [2.24, 2.45) is 0 Å². The van der Waals surface area contributed by atoms with Gasteiger partial charge in [0, 0.05) is 65.8 Å². The Bertz CT molecular complexity index is 6110.